The van der Waals surface area contributed by atoms with E-state index in [0.717, 1.165) is 6.20 Å². The number of hydrogen-bond acceptors (Lipinski definition) is 3. The van der Waals surface area contributed by atoms with Crippen LogP contribution in [0.15, 0.2) is 42.9 Å². The molecule has 0 aliphatic heterocycles. The quantitative estimate of drug-likeness (QED) is 0.402. The molecular formula is C19H15F4N4O2+. The Hall–Kier alpha value is -3.32. The summed E-state index contributed by atoms with van der Waals surface area (Å²) < 4.78 is 53.7. The Morgan fingerprint density at radius 1 is 1.34 bits per heavy atom. The van der Waals surface area contributed by atoms with Crippen LogP contribution in [0.25, 0.3) is 15.7 Å². The maximum absolute atomic E-state index is 13.3. The number of alkyl halides is 3. The van der Waals surface area contributed by atoms with E-state index in [-0.39, 0.29) is 16.7 Å². The second kappa shape index (κ2) is 7.25. The van der Waals surface area contributed by atoms with Crippen molar-refractivity contribution in [3.63, 3.8) is 0 Å². The molecule has 0 fully saturated rings. The van der Waals surface area contributed by atoms with E-state index in [4.69, 9.17) is 6.57 Å². The van der Waals surface area contributed by atoms with E-state index in [9.17, 15) is 27.5 Å². The van der Waals surface area contributed by atoms with Gasteiger partial charge >= 0.3 is 12.2 Å². The molecule has 2 aromatic heterocycles. The molecule has 6 nitrogen and oxygen atoms in total. The van der Waals surface area contributed by atoms with Crippen molar-refractivity contribution in [2.24, 2.45) is 0 Å². The normalized spacial score (nSPS) is 13.8. The number of hydrogen-bond donors (Lipinski definition) is 1. The van der Waals surface area contributed by atoms with Gasteiger partial charge in [0.2, 0.25) is 0 Å². The Morgan fingerprint density at radius 2 is 2.07 bits per heavy atom. The molecule has 0 unspecified atom stereocenters. The molecule has 0 bridgehead atoms. The number of carbonyl (C=O) groups excluding carboxylic acids is 1. The van der Waals surface area contributed by atoms with E-state index in [1.165, 1.54) is 25.1 Å². The van der Waals surface area contributed by atoms with Crippen LogP contribution >= 0.6 is 0 Å². The van der Waals surface area contributed by atoms with Crippen LogP contribution in [0, 0.1) is 12.4 Å². The first-order valence-electron chi connectivity index (χ1n) is 8.36. The zero-order valence-corrected chi connectivity index (χ0v) is 15.1. The smallest absolute Gasteiger partial charge is 0.380 e. The lowest BCUT2D eigenvalue weighted by atomic mass is 9.96. The number of ketones is 1. The van der Waals surface area contributed by atoms with Gasteiger partial charge in [-0.05, 0) is 42.7 Å². The molecule has 0 saturated heterocycles. The molecule has 0 saturated carbocycles. The van der Waals surface area contributed by atoms with Gasteiger partial charge in [-0.25, -0.2) is 4.39 Å². The minimum Gasteiger partial charge on any atom is -0.380 e. The number of rotatable bonds is 5. The average molecular weight is 407 g/mol. The Morgan fingerprint density at radius 3 is 2.72 bits per heavy atom. The number of aliphatic hydroxyl groups is 1. The summed E-state index contributed by atoms with van der Waals surface area (Å²) in [7, 11) is 0. The number of aromatic nitrogens is 3. The molecule has 3 rings (SSSR count). The Bertz CT molecular complexity index is 1130. The first-order valence-corrected chi connectivity index (χ1v) is 8.36. The van der Waals surface area contributed by atoms with Crippen LogP contribution < -0.4 is 4.57 Å². The summed E-state index contributed by atoms with van der Waals surface area (Å²) in [5.41, 5.74) is -1.40. The SMILES string of the molecule is [C-]#[N+]c1ncc(CC(=O)[C@@](C)(O)Cn2ccc3cc(F)ccc32)c[n+]1C(F)(F)F. The van der Waals surface area contributed by atoms with Crippen molar-refractivity contribution in [3.8, 4) is 0 Å². The highest BCUT2D eigenvalue weighted by Gasteiger charge is 2.42. The largest absolute Gasteiger partial charge is 0.581 e. The molecule has 0 amide bonds. The molecule has 0 aliphatic rings. The van der Waals surface area contributed by atoms with Crippen LogP contribution in [-0.4, -0.2) is 26.0 Å². The third kappa shape index (κ3) is 4.25. The van der Waals surface area contributed by atoms with Crippen LogP contribution in [0.3, 0.4) is 0 Å². The molecule has 0 spiro atoms. The van der Waals surface area contributed by atoms with Crippen molar-refractivity contribution in [2.75, 3.05) is 0 Å². The first kappa shape index (κ1) is 20.4. The van der Waals surface area contributed by atoms with E-state index in [1.807, 2.05) is 0 Å². The van der Waals surface area contributed by atoms with Crippen molar-refractivity contribution >= 4 is 22.6 Å². The van der Waals surface area contributed by atoms with Gasteiger partial charge in [0.15, 0.2) is 12.0 Å². The van der Waals surface area contributed by atoms with Crippen LogP contribution in [0.2, 0.25) is 0 Å². The molecule has 150 valence electrons. The van der Waals surface area contributed by atoms with Gasteiger partial charge in [-0.1, -0.05) is 0 Å². The highest BCUT2D eigenvalue weighted by molar-refractivity contribution is 5.88. The fourth-order valence-electron chi connectivity index (χ4n) is 2.92. The molecule has 1 N–H and O–H groups in total. The highest BCUT2D eigenvalue weighted by atomic mass is 19.4. The number of carbonyl (C=O) groups is 1. The average Bonchev–Trinajstić information content (AvgIpc) is 3.02. The predicted octanol–water partition coefficient (Wildman–Crippen LogP) is 3.05. The molecule has 1 atom stereocenters. The minimum atomic E-state index is -4.87. The maximum Gasteiger partial charge on any atom is 0.581 e. The zero-order valence-electron chi connectivity index (χ0n) is 15.1. The summed E-state index contributed by atoms with van der Waals surface area (Å²) in [6.45, 7) is 7.85. The monoisotopic (exact) mass is 407 g/mol. The molecule has 0 aliphatic carbocycles. The van der Waals surface area contributed by atoms with Crippen LogP contribution in [0.4, 0.5) is 23.5 Å². The fraction of sp³-hybridized carbons (Fsp3) is 0.263. The second-order valence-electron chi connectivity index (χ2n) is 6.73. The zero-order chi connectivity index (χ0) is 21.4. The molecule has 0 radical (unpaired) electrons. The van der Waals surface area contributed by atoms with Crippen LogP contribution in [-0.2, 0) is 24.1 Å². The summed E-state index contributed by atoms with van der Waals surface area (Å²) in [6, 6.07) is 5.68. The molecule has 2 heterocycles. The van der Waals surface area contributed by atoms with Gasteiger partial charge in [-0.2, -0.15) is 0 Å². The van der Waals surface area contributed by atoms with Gasteiger partial charge in [0, 0.05) is 23.5 Å². The lowest BCUT2D eigenvalue weighted by molar-refractivity contribution is -0.845. The summed E-state index contributed by atoms with van der Waals surface area (Å²) >= 11 is 0. The van der Waals surface area contributed by atoms with Crippen molar-refractivity contribution in [1.29, 1.82) is 0 Å². The van der Waals surface area contributed by atoms with Crippen LogP contribution in [0.5, 0.6) is 0 Å². The van der Waals surface area contributed by atoms with Gasteiger partial charge in [0.05, 0.1) is 12.1 Å². The number of nitrogens with zero attached hydrogens (tertiary/aromatic N) is 4. The van der Waals surface area contributed by atoms with Gasteiger partial charge in [-0.15, -0.1) is 17.7 Å². The van der Waals surface area contributed by atoms with E-state index in [0.29, 0.717) is 17.1 Å². The Balaban J connectivity index is 1.83. The lowest BCUT2D eigenvalue weighted by Crippen LogP contribution is -2.48. The number of benzene rings is 1. The lowest BCUT2D eigenvalue weighted by Gasteiger charge is -2.23. The maximum atomic E-state index is 13.3. The standard InChI is InChI=1S/C19H15F4N4O2/c1-18(29,11-26-6-5-13-8-14(20)3-4-15(13)26)16(28)7-12-9-25-17(24-2)27(10-12)19(21,22)23/h3-6,8-10,29H,7,11H2,1H3/q+1/t18-/m0/s1. The van der Waals surface area contributed by atoms with Crippen molar-refractivity contribution < 1.29 is 32.0 Å². The summed E-state index contributed by atoms with van der Waals surface area (Å²) in [5.74, 6) is -2.04. The molecular weight excluding hydrogens is 392 g/mol. The molecule has 10 heteroatoms. The Kier molecular flexibility index (Phi) is 5.11. The van der Waals surface area contributed by atoms with Crippen molar-refractivity contribution in [3.05, 3.63) is 65.7 Å². The van der Waals surface area contributed by atoms with E-state index >= 15 is 0 Å². The number of fused-ring (bicyclic) bond motifs is 1. The topological polar surface area (TPSA) is 63.4 Å². The highest BCUT2D eigenvalue weighted by Crippen LogP contribution is 2.22. The minimum absolute atomic E-state index is 0.0977. The molecule has 29 heavy (non-hydrogen) atoms. The van der Waals surface area contributed by atoms with Gasteiger partial charge in [-0.3, -0.25) is 9.64 Å². The molecule has 3 aromatic rings. The Labute approximate surface area is 162 Å². The van der Waals surface area contributed by atoms with E-state index < -0.39 is 35.9 Å². The van der Waals surface area contributed by atoms with Gasteiger partial charge in [0.25, 0.3) is 0 Å². The van der Waals surface area contributed by atoms with Crippen LogP contribution in [0.1, 0.15) is 12.5 Å². The molecule has 1 aromatic carbocycles. The van der Waals surface area contributed by atoms with E-state index in [2.05, 4.69) is 9.83 Å². The fourth-order valence-corrected chi connectivity index (χ4v) is 2.92. The third-order valence-corrected chi connectivity index (χ3v) is 4.41. The number of Topliss-reactive ketones (excluding diaryl/α,β-unsaturated/α-hetero) is 1. The first-order chi connectivity index (χ1) is 13.5. The third-order valence-electron chi connectivity index (χ3n) is 4.41. The summed E-state index contributed by atoms with van der Waals surface area (Å²) in [4.78, 5) is 18.7. The van der Waals surface area contributed by atoms with E-state index in [1.54, 1.807) is 16.8 Å². The second-order valence-corrected chi connectivity index (χ2v) is 6.73. The van der Waals surface area contributed by atoms with Crippen molar-refractivity contribution in [1.82, 2.24) is 9.55 Å². The van der Waals surface area contributed by atoms with Gasteiger partial charge < -0.3 is 9.67 Å². The summed E-state index contributed by atoms with van der Waals surface area (Å²) in [5, 5.41) is 11.2. The number of halogens is 4. The van der Waals surface area contributed by atoms with Crippen molar-refractivity contribution in [2.45, 2.75) is 31.8 Å². The predicted molar refractivity (Wildman–Crippen MR) is 93.2 cm³/mol. The van der Waals surface area contributed by atoms with Gasteiger partial charge in [0.1, 0.15) is 17.6 Å². The summed E-state index contributed by atoms with van der Waals surface area (Å²) in [6.07, 6.45) is -2.19.